The molecule has 0 spiro atoms. The van der Waals surface area contributed by atoms with Crippen LogP contribution in [-0.4, -0.2) is 19.2 Å². The predicted molar refractivity (Wildman–Crippen MR) is 62.0 cm³/mol. The minimum absolute atomic E-state index is 0.0769. The highest BCUT2D eigenvalue weighted by atomic mass is 19.1. The number of nitrogens with one attached hydrogen (secondary N) is 1. The van der Waals surface area contributed by atoms with E-state index in [-0.39, 0.29) is 18.3 Å². The van der Waals surface area contributed by atoms with Crippen molar-refractivity contribution in [2.45, 2.75) is 18.4 Å². The fourth-order valence-electron chi connectivity index (χ4n) is 1.96. The Hall–Kier alpha value is -1.67. The van der Waals surface area contributed by atoms with Crippen molar-refractivity contribution in [3.05, 3.63) is 29.8 Å². The first kappa shape index (κ1) is 12.8. The SMILES string of the molecule is CNC(C#N)(COc1cc(F)cc(F)c1)C1CC1. The Morgan fingerprint density at radius 1 is 1.39 bits per heavy atom. The molecule has 1 aromatic carbocycles. The first-order chi connectivity index (χ1) is 8.59. The van der Waals surface area contributed by atoms with Gasteiger partial charge in [0.25, 0.3) is 0 Å². The first-order valence-electron chi connectivity index (χ1n) is 5.79. The van der Waals surface area contributed by atoms with Crippen LogP contribution in [0.3, 0.4) is 0 Å². The van der Waals surface area contributed by atoms with Gasteiger partial charge in [0, 0.05) is 18.2 Å². The lowest BCUT2D eigenvalue weighted by Gasteiger charge is -2.25. The van der Waals surface area contributed by atoms with E-state index in [1.807, 2.05) is 0 Å². The maximum Gasteiger partial charge on any atom is 0.143 e. The summed E-state index contributed by atoms with van der Waals surface area (Å²) < 4.78 is 31.3. The number of hydrogen-bond acceptors (Lipinski definition) is 3. The molecular weight excluding hydrogens is 238 g/mol. The van der Waals surface area contributed by atoms with Gasteiger partial charge in [-0.2, -0.15) is 5.26 Å². The standard InChI is InChI=1S/C13H14F2N2O/c1-17-13(7-16,9-2-3-9)8-18-12-5-10(14)4-11(15)6-12/h4-6,9,17H,2-3,8H2,1H3. The maximum atomic E-state index is 13.0. The number of nitrogens with zero attached hydrogens (tertiary/aromatic N) is 1. The topological polar surface area (TPSA) is 45.0 Å². The molecule has 0 amide bonds. The van der Waals surface area contributed by atoms with Crippen molar-refractivity contribution in [1.82, 2.24) is 5.32 Å². The van der Waals surface area contributed by atoms with Gasteiger partial charge < -0.3 is 4.74 Å². The van der Waals surface area contributed by atoms with Crippen LogP contribution in [0.2, 0.25) is 0 Å². The molecule has 0 heterocycles. The summed E-state index contributed by atoms with van der Waals surface area (Å²) in [5.41, 5.74) is -0.775. The third-order valence-corrected chi connectivity index (χ3v) is 3.22. The van der Waals surface area contributed by atoms with E-state index in [9.17, 15) is 14.0 Å². The molecule has 1 saturated carbocycles. The van der Waals surface area contributed by atoms with E-state index in [1.54, 1.807) is 7.05 Å². The van der Waals surface area contributed by atoms with Crippen molar-refractivity contribution in [3.63, 3.8) is 0 Å². The predicted octanol–water partition coefficient (Wildman–Crippen LogP) is 2.24. The molecule has 96 valence electrons. The van der Waals surface area contributed by atoms with Crippen LogP contribution >= 0.6 is 0 Å². The fourth-order valence-corrected chi connectivity index (χ4v) is 1.96. The van der Waals surface area contributed by atoms with Gasteiger partial charge in [0.15, 0.2) is 0 Å². The number of hydrogen-bond donors (Lipinski definition) is 1. The van der Waals surface area contributed by atoms with E-state index in [0.717, 1.165) is 31.0 Å². The van der Waals surface area contributed by atoms with Gasteiger partial charge in [0.2, 0.25) is 0 Å². The third kappa shape index (κ3) is 2.59. The second-order valence-corrected chi connectivity index (χ2v) is 4.50. The fraction of sp³-hybridized carbons (Fsp3) is 0.462. The zero-order valence-electron chi connectivity index (χ0n) is 10.0. The van der Waals surface area contributed by atoms with Gasteiger partial charge in [-0.05, 0) is 25.8 Å². The summed E-state index contributed by atoms with van der Waals surface area (Å²) in [6, 6.07) is 5.19. The van der Waals surface area contributed by atoms with Crippen molar-refractivity contribution in [1.29, 1.82) is 5.26 Å². The molecule has 0 aliphatic heterocycles. The lowest BCUT2D eigenvalue weighted by Crippen LogP contribution is -2.49. The molecule has 1 N–H and O–H groups in total. The summed E-state index contributed by atoms with van der Waals surface area (Å²) >= 11 is 0. The lowest BCUT2D eigenvalue weighted by atomic mass is 9.96. The Morgan fingerprint density at radius 2 is 2.00 bits per heavy atom. The van der Waals surface area contributed by atoms with Crippen LogP contribution < -0.4 is 10.1 Å². The number of rotatable bonds is 5. The maximum absolute atomic E-state index is 13.0. The smallest absolute Gasteiger partial charge is 0.143 e. The summed E-state index contributed by atoms with van der Waals surface area (Å²) in [7, 11) is 1.69. The molecule has 1 aliphatic carbocycles. The van der Waals surface area contributed by atoms with Gasteiger partial charge in [-0.3, -0.25) is 5.32 Å². The number of nitriles is 1. The molecule has 18 heavy (non-hydrogen) atoms. The van der Waals surface area contributed by atoms with Crippen molar-refractivity contribution >= 4 is 0 Å². The first-order valence-corrected chi connectivity index (χ1v) is 5.79. The zero-order valence-corrected chi connectivity index (χ0v) is 10.0. The number of halogens is 2. The molecule has 0 bridgehead atoms. The summed E-state index contributed by atoms with van der Waals surface area (Å²) in [4.78, 5) is 0. The average Bonchev–Trinajstić information content (AvgIpc) is 3.14. The largest absolute Gasteiger partial charge is 0.490 e. The third-order valence-electron chi connectivity index (χ3n) is 3.22. The van der Waals surface area contributed by atoms with E-state index in [2.05, 4.69) is 11.4 Å². The highest BCUT2D eigenvalue weighted by Crippen LogP contribution is 2.39. The summed E-state index contributed by atoms with van der Waals surface area (Å²) in [6.45, 7) is 0.0769. The van der Waals surface area contributed by atoms with E-state index in [4.69, 9.17) is 4.74 Å². The van der Waals surface area contributed by atoms with Crippen LogP contribution in [-0.2, 0) is 0 Å². The molecule has 1 unspecified atom stereocenters. The molecule has 5 heteroatoms. The number of benzene rings is 1. The normalized spacial score (nSPS) is 17.9. The highest BCUT2D eigenvalue weighted by Gasteiger charge is 2.45. The lowest BCUT2D eigenvalue weighted by molar-refractivity contribution is 0.209. The molecule has 1 fully saturated rings. The van der Waals surface area contributed by atoms with Crippen LogP contribution in [0.1, 0.15) is 12.8 Å². The van der Waals surface area contributed by atoms with Gasteiger partial charge >= 0.3 is 0 Å². The molecule has 2 rings (SSSR count). The number of ether oxygens (including phenoxy) is 1. The second-order valence-electron chi connectivity index (χ2n) is 4.50. The van der Waals surface area contributed by atoms with E-state index in [1.165, 1.54) is 0 Å². The molecule has 1 aromatic rings. The van der Waals surface area contributed by atoms with Gasteiger partial charge in [0.05, 0.1) is 6.07 Å². The molecule has 1 atom stereocenters. The Labute approximate surface area is 104 Å². The highest BCUT2D eigenvalue weighted by molar-refractivity contribution is 5.25. The van der Waals surface area contributed by atoms with Gasteiger partial charge in [0.1, 0.15) is 29.5 Å². The number of likely N-dealkylation sites (N-methyl/N-ethyl adjacent to an activating group) is 1. The second kappa shape index (κ2) is 4.91. The van der Waals surface area contributed by atoms with Crippen molar-refractivity contribution < 1.29 is 13.5 Å². The Balaban J connectivity index is 2.08. The molecule has 1 aliphatic rings. The van der Waals surface area contributed by atoms with Crippen LogP contribution in [0.25, 0.3) is 0 Å². The minimum Gasteiger partial charge on any atom is -0.490 e. The van der Waals surface area contributed by atoms with Crippen molar-refractivity contribution in [3.8, 4) is 11.8 Å². The van der Waals surface area contributed by atoms with Gasteiger partial charge in [-0.15, -0.1) is 0 Å². The average molecular weight is 252 g/mol. The van der Waals surface area contributed by atoms with E-state index >= 15 is 0 Å². The van der Waals surface area contributed by atoms with E-state index in [0.29, 0.717) is 0 Å². The molecule has 0 saturated heterocycles. The molecular formula is C13H14F2N2O. The van der Waals surface area contributed by atoms with Gasteiger partial charge in [-0.1, -0.05) is 0 Å². The van der Waals surface area contributed by atoms with Crippen LogP contribution in [0, 0.1) is 28.9 Å². The van der Waals surface area contributed by atoms with Crippen molar-refractivity contribution in [2.24, 2.45) is 5.92 Å². The Bertz CT molecular complexity index is 462. The molecule has 3 nitrogen and oxygen atoms in total. The summed E-state index contributed by atoms with van der Waals surface area (Å²) in [5, 5.41) is 12.2. The van der Waals surface area contributed by atoms with Crippen molar-refractivity contribution in [2.75, 3.05) is 13.7 Å². The Kier molecular flexibility index (Phi) is 3.48. The van der Waals surface area contributed by atoms with Crippen LogP contribution in [0.5, 0.6) is 5.75 Å². The summed E-state index contributed by atoms with van der Waals surface area (Å²) in [5.74, 6) is -1.04. The van der Waals surface area contributed by atoms with E-state index < -0.39 is 17.2 Å². The zero-order chi connectivity index (χ0) is 13.2. The monoisotopic (exact) mass is 252 g/mol. The quantitative estimate of drug-likeness (QED) is 0.874. The molecule has 0 aromatic heterocycles. The Morgan fingerprint density at radius 3 is 2.44 bits per heavy atom. The van der Waals surface area contributed by atoms with Gasteiger partial charge in [-0.25, -0.2) is 8.78 Å². The minimum atomic E-state index is -0.775. The summed E-state index contributed by atoms with van der Waals surface area (Å²) in [6.07, 6.45) is 1.94. The van der Waals surface area contributed by atoms with Crippen LogP contribution in [0.4, 0.5) is 8.78 Å². The van der Waals surface area contributed by atoms with Crippen LogP contribution in [0.15, 0.2) is 18.2 Å². The molecule has 0 radical (unpaired) electrons.